The molecule has 262 valence electrons. The Kier molecular flexibility index (Phi) is 9.90. The third kappa shape index (κ3) is 6.68. The minimum absolute atomic E-state index is 0.0531. The Morgan fingerprint density at radius 1 is 1.10 bits per heavy atom. The van der Waals surface area contributed by atoms with Crippen molar-refractivity contribution in [3.63, 3.8) is 0 Å². The molecule has 0 spiro atoms. The number of nitrogens with zero attached hydrogens (tertiary/aromatic N) is 4. The van der Waals surface area contributed by atoms with E-state index in [1.807, 2.05) is 6.07 Å². The second-order valence-electron chi connectivity index (χ2n) is 13.6. The lowest BCUT2D eigenvalue weighted by molar-refractivity contribution is 0.0604. The number of aromatic nitrogens is 2. The molecule has 4 aliphatic rings. The van der Waals surface area contributed by atoms with Gasteiger partial charge in [0.25, 0.3) is 5.91 Å². The molecule has 1 amide bonds. The summed E-state index contributed by atoms with van der Waals surface area (Å²) in [6.07, 6.45) is 10.9. The van der Waals surface area contributed by atoms with E-state index in [1.54, 1.807) is 24.0 Å². The first-order valence-corrected chi connectivity index (χ1v) is 21.2. The van der Waals surface area contributed by atoms with Crippen molar-refractivity contribution in [2.45, 2.75) is 87.2 Å². The van der Waals surface area contributed by atoms with Crippen LogP contribution >= 0.6 is 32.3 Å². The van der Waals surface area contributed by atoms with E-state index in [1.165, 1.54) is 22.2 Å². The molecule has 0 radical (unpaired) electrons. The highest BCUT2D eigenvalue weighted by Crippen LogP contribution is 2.45. The fourth-order valence-electron chi connectivity index (χ4n) is 8.54. The molecule has 8 nitrogen and oxygen atoms in total. The number of halogens is 4. The van der Waals surface area contributed by atoms with Crippen molar-refractivity contribution in [2.75, 3.05) is 26.2 Å². The van der Waals surface area contributed by atoms with Crippen molar-refractivity contribution in [2.24, 2.45) is 0 Å². The number of hydrogen-bond acceptors (Lipinski definition) is 5. The van der Waals surface area contributed by atoms with E-state index in [2.05, 4.69) is 37.3 Å². The number of benzene rings is 2. The van der Waals surface area contributed by atoms with Gasteiger partial charge >= 0.3 is 0 Å². The molecule has 1 aromatic heterocycles. The van der Waals surface area contributed by atoms with Crippen molar-refractivity contribution in [1.82, 2.24) is 24.1 Å². The minimum atomic E-state index is -4.15. The zero-order chi connectivity index (χ0) is 34.5. The van der Waals surface area contributed by atoms with Crippen LogP contribution in [0.15, 0.2) is 51.5 Å². The molecule has 13 heteroatoms. The number of aryl methyl sites for hydroxylation is 1. The van der Waals surface area contributed by atoms with Crippen LogP contribution in [0.3, 0.4) is 0 Å². The molecule has 0 aliphatic carbocycles. The monoisotopic (exact) mass is 823 g/mol. The van der Waals surface area contributed by atoms with Crippen molar-refractivity contribution < 1.29 is 22.0 Å². The van der Waals surface area contributed by atoms with Gasteiger partial charge in [0.05, 0.1) is 15.9 Å². The van der Waals surface area contributed by atoms with E-state index >= 15 is 0 Å². The Balaban J connectivity index is 1.09. The van der Waals surface area contributed by atoms with Gasteiger partial charge in [-0.2, -0.15) is 0 Å². The molecule has 2 aromatic carbocycles. The number of fused-ring (bicyclic) bond motifs is 3. The Bertz CT molecular complexity index is 2030. The van der Waals surface area contributed by atoms with Crippen molar-refractivity contribution in [3.8, 4) is 0 Å². The number of rotatable bonds is 9. The lowest BCUT2D eigenvalue weighted by Crippen LogP contribution is -2.49. The highest BCUT2D eigenvalue weighted by molar-refractivity contribution is 14.2. The first kappa shape index (κ1) is 34.9. The summed E-state index contributed by atoms with van der Waals surface area (Å²) in [5.74, 6) is -0.622. The standard InChI is InChI=1S/C36H41ClF2IN5O3S/c1-3-41-49(47,48)33-21-29(30(37)22-31(33)39)35(46)43-15-11-36(12-16-43,24-6-4-7-25(38)18-24)13-17-44-26-9-10-27(44)20-28(19-26)45-23(2)42-32-8-5-14-40-34(32)45/h4-8,14,18,21-22,26-28,41H,3,9-13,15-17,19-20H2,1-2H3/t26-,27?,28?/m1/s1. The molecule has 49 heavy (non-hydrogen) atoms. The summed E-state index contributed by atoms with van der Waals surface area (Å²) in [4.78, 5) is 22.4. The molecular weight excluding hydrogens is 783 g/mol. The Morgan fingerprint density at radius 3 is 2.53 bits per heavy atom. The maximum atomic E-state index is 14.7. The highest BCUT2D eigenvalue weighted by atomic mass is 127. The molecule has 0 saturated carbocycles. The van der Waals surface area contributed by atoms with E-state index in [0.29, 0.717) is 44.1 Å². The van der Waals surface area contributed by atoms with Gasteiger partial charge in [-0.1, -0.05) is 57.5 Å². The van der Waals surface area contributed by atoms with Crippen LogP contribution in [0.25, 0.3) is 6.08 Å². The largest absolute Gasteiger partial charge is 0.339 e. The van der Waals surface area contributed by atoms with Crippen LogP contribution in [-0.2, 0) is 15.4 Å². The Labute approximate surface area is 301 Å². The number of nitrogens with one attached hydrogen (secondary N) is 1. The molecule has 3 aromatic rings. The van der Waals surface area contributed by atoms with E-state index < -0.39 is 26.6 Å². The maximum Gasteiger partial charge on any atom is 0.255 e. The van der Waals surface area contributed by atoms with Crippen LogP contribution in [0.1, 0.15) is 79.7 Å². The van der Waals surface area contributed by atoms with E-state index in [9.17, 15) is 22.0 Å². The maximum absolute atomic E-state index is 14.7. The summed E-state index contributed by atoms with van der Waals surface area (Å²) in [6.45, 7) is 5.46. The molecule has 2 unspecified atom stereocenters. The van der Waals surface area contributed by atoms with E-state index in [-0.39, 0.29) is 49.1 Å². The van der Waals surface area contributed by atoms with Crippen LogP contribution in [0.4, 0.5) is 8.78 Å². The number of hydrogen-bond donors (Lipinski definition) is 1. The molecule has 5 heterocycles. The summed E-state index contributed by atoms with van der Waals surface area (Å²) in [5, 5.41) is 1.01. The molecule has 3 atom stereocenters. The topological polar surface area (TPSA) is 87.5 Å². The minimum Gasteiger partial charge on any atom is -0.339 e. The zero-order valence-electron chi connectivity index (χ0n) is 27.6. The smallest absolute Gasteiger partial charge is 0.255 e. The average molecular weight is 824 g/mol. The molecule has 4 aliphatic heterocycles. The van der Waals surface area contributed by atoms with Crippen LogP contribution in [0.2, 0.25) is 5.02 Å². The number of allylic oxidation sites excluding steroid dienone is 1. The Morgan fingerprint density at radius 2 is 1.84 bits per heavy atom. The number of imidazole rings is 1. The van der Waals surface area contributed by atoms with Crippen molar-refractivity contribution in [1.29, 1.82) is 0 Å². The normalized spacial score (nSPS) is 23.4. The summed E-state index contributed by atoms with van der Waals surface area (Å²) >= 11 is 6.13. The van der Waals surface area contributed by atoms with Gasteiger partial charge in [-0.05, 0) is 104 Å². The fourth-order valence-corrected chi connectivity index (χ4v) is 12.3. The van der Waals surface area contributed by atoms with Gasteiger partial charge in [-0.15, -0.1) is 0 Å². The van der Waals surface area contributed by atoms with Gasteiger partial charge in [0, 0.05) is 37.8 Å². The molecule has 2 bridgehead atoms. The van der Waals surface area contributed by atoms with Gasteiger partial charge in [0.2, 0.25) is 10.0 Å². The van der Waals surface area contributed by atoms with Crippen LogP contribution < -0.4 is 10.1 Å². The summed E-state index contributed by atoms with van der Waals surface area (Å²) in [5.41, 5.74) is 0.547. The predicted molar refractivity (Wildman–Crippen MR) is 195 cm³/mol. The number of piperidine rings is 2. The fraction of sp³-hybridized carbons (Fsp3) is 0.472. The Hall–Kier alpha value is -2.52. The van der Waals surface area contributed by atoms with Crippen molar-refractivity contribution in [3.05, 3.63) is 88.8 Å². The average Bonchev–Trinajstić information content (AvgIpc) is 3.53. The van der Waals surface area contributed by atoms with Gasteiger partial charge < -0.3 is 9.47 Å². The van der Waals surface area contributed by atoms with Gasteiger partial charge in [0.1, 0.15) is 25.6 Å². The van der Waals surface area contributed by atoms with E-state index in [0.717, 1.165) is 54.7 Å². The second kappa shape index (κ2) is 13.9. The van der Waals surface area contributed by atoms with Gasteiger partial charge in [-0.25, -0.2) is 26.9 Å². The second-order valence-corrected chi connectivity index (χ2v) is 18.2. The molecular formula is C36H41ClF2IN5O3S. The van der Waals surface area contributed by atoms with Crippen LogP contribution in [0, 0.1) is 21.8 Å². The first-order chi connectivity index (χ1) is 23.5. The number of carbonyl (C=O) groups is 1. The number of amides is 1. The third-order valence-corrected chi connectivity index (χ3v) is 15.3. The molecule has 1 N–H and O–H groups in total. The third-order valence-electron chi connectivity index (χ3n) is 10.9. The SMILES string of the molecule is CCNS(=O)(=O)c1cc(C(=O)N2CCC(CCN3C4CC[C@@H]3CC(n3c(C)nc5c3=IC=CC=5)C4)(c3cccc(F)c3)CC2)c(Cl)cc1F. The molecule has 7 rings (SSSR count). The van der Waals surface area contributed by atoms with Gasteiger partial charge in [-0.3, -0.25) is 9.69 Å². The lowest BCUT2D eigenvalue weighted by atomic mass is 9.70. The zero-order valence-corrected chi connectivity index (χ0v) is 31.4. The van der Waals surface area contributed by atoms with Gasteiger partial charge in [0.15, 0.2) is 0 Å². The number of sulfonamides is 1. The summed E-state index contributed by atoms with van der Waals surface area (Å²) < 4.78 is 63.2. The van der Waals surface area contributed by atoms with Crippen LogP contribution in [0.5, 0.6) is 0 Å². The van der Waals surface area contributed by atoms with E-state index in [4.69, 9.17) is 16.6 Å². The molecule has 3 saturated heterocycles. The van der Waals surface area contributed by atoms with Crippen LogP contribution in [-0.4, -0.2) is 71.9 Å². The first-order valence-electron chi connectivity index (χ1n) is 17.0. The van der Waals surface area contributed by atoms with Crippen molar-refractivity contribution >= 4 is 54.3 Å². The quantitative estimate of drug-likeness (QED) is 0.253. The number of carbonyl (C=O) groups excluding carboxylic acids is 1. The lowest BCUT2D eigenvalue weighted by Gasteiger charge is -2.45. The predicted octanol–water partition coefficient (Wildman–Crippen LogP) is 6.38. The number of likely N-dealkylation sites (tertiary alicyclic amines) is 1. The highest BCUT2D eigenvalue weighted by Gasteiger charge is 2.44. The summed E-state index contributed by atoms with van der Waals surface area (Å²) in [6, 6.07) is 10.2. The summed E-state index contributed by atoms with van der Waals surface area (Å²) in [7, 11) is -4.15. The molecule has 3 fully saturated rings.